The van der Waals surface area contributed by atoms with Gasteiger partial charge in [0.25, 0.3) is 0 Å². The van der Waals surface area contributed by atoms with Crippen LogP contribution in [0.15, 0.2) is 0 Å². The monoisotopic (exact) mass is 374 g/mol. The van der Waals surface area contributed by atoms with Gasteiger partial charge >= 0.3 is 23.9 Å². The van der Waals surface area contributed by atoms with Crippen LogP contribution in [0.5, 0.6) is 0 Å². The summed E-state index contributed by atoms with van der Waals surface area (Å²) in [5.41, 5.74) is 0. The van der Waals surface area contributed by atoms with Crippen molar-refractivity contribution >= 4 is 23.9 Å². The maximum atomic E-state index is 11.8. The first-order chi connectivity index (χ1) is 12.2. The summed E-state index contributed by atoms with van der Waals surface area (Å²) in [6.45, 7) is 5.14. The number of carbonyl (C=O) groups is 4. The van der Waals surface area contributed by atoms with Crippen LogP contribution >= 0.6 is 0 Å². The van der Waals surface area contributed by atoms with Gasteiger partial charge in [-0.2, -0.15) is 0 Å². The van der Waals surface area contributed by atoms with E-state index in [2.05, 4.69) is 0 Å². The lowest BCUT2D eigenvalue weighted by Gasteiger charge is -2.28. The summed E-state index contributed by atoms with van der Waals surface area (Å²) in [5.74, 6) is -3.91. The van der Waals surface area contributed by atoms with Gasteiger partial charge in [0.05, 0.1) is 0 Å². The van der Waals surface area contributed by atoms with Crippen molar-refractivity contribution in [1.82, 2.24) is 0 Å². The van der Waals surface area contributed by atoms with E-state index < -0.39 is 54.1 Å². The molecule has 26 heavy (non-hydrogen) atoms. The van der Waals surface area contributed by atoms with Crippen LogP contribution in [0.25, 0.3) is 0 Å². The zero-order valence-corrected chi connectivity index (χ0v) is 15.0. The van der Waals surface area contributed by atoms with E-state index in [0.717, 1.165) is 0 Å². The highest BCUT2D eigenvalue weighted by molar-refractivity contribution is 5.74. The predicted octanol–water partition coefficient (Wildman–Crippen LogP) is -0.140. The smallest absolute Gasteiger partial charge is 0.312 e. The highest BCUT2D eigenvalue weighted by Gasteiger charge is 2.66. The van der Waals surface area contributed by atoms with E-state index in [1.807, 2.05) is 0 Å². The molecular formula is C16H22O10. The summed E-state index contributed by atoms with van der Waals surface area (Å²) >= 11 is 0. The number of hydrogen-bond donors (Lipinski definition) is 0. The SMILES string of the molecule is CCO[C@@]12CC(=O)O[C@@H]1[C@@H](OC(C)=O)[C@H]([C@@H](COC(C)=O)OC(C)=O)O2. The Kier molecular flexibility index (Phi) is 6.19. The second-order valence-electron chi connectivity index (χ2n) is 5.94. The summed E-state index contributed by atoms with van der Waals surface area (Å²) in [6, 6.07) is 0. The van der Waals surface area contributed by atoms with E-state index in [0.29, 0.717) is 0 Å². The molecular weight excluding hydrogens is 352 g/mol. The Bertz CT molecular complexity index is 588. The molecule has 0 aliphatic carbocycles. The van der Waals surface area contributed by atoms with Gasteiger partial charge < -0.3 is 28.4 Å². The van der Waals surface area contributed by atoms with Crippen molar-refractivity contribution in [3.05, 3.63) is 0 Å². The third-order valence-corrected chi connectivity index (χ3v) is 3.87. The standard InChI is InChI=1S/C16H22O10/c1-5-22-16-6-12(20)25-15(16)14(24-10(4)19)13(26-16)11(23-9(3)18)7-21-8(2)17/h11,13-15H,5-7H2,1-4H3/t11-,13+,14+,15-,16-/m1/s1. The Morgan fingerprint density at radius 1 is 1.19 bits per heavy atom. The van der Waals surface area contributed by atoms with Crippen LogP contribution in [0.4, 0.5) is 0 Å². The second-order valence-corrected chi connectivity index (χ2v) is 5.94. The lowest BCUT2D eigenvalue weighted by atomic mass is 10.0. The molecule has 2 aliphatic heterocycles. The fourth-order valence-corrected chi connectivity index (χ4v) is 3.10. The molecule has 0 spiro atoms. The van der Waals surface area contributed by atoms with Gasteiger partial charge in [-0.25, -0.2) is 0 Å². The molecule has 2 fully saturated rings. The summed E-state index contributed by atoms with van der Waals surface area (Å²) in [6.07, 6.45) is -4.46. The van der Waals surface area contributed by atoms with Crippen LogP contribution in [0.2, 0.25) is 0 Å². The van der Waals surface area contributed by atoms with E-state index in [4.69, 9.17) is 28.4 Å². The predicted molar refractivity (Wildman–Crippen MR) is 81.5 cm³/mol. The van der Waals surface area contributed by atoms with E-state index in [9.17, 15) is 19.2 Å². The molecule has 2 aliphatic rings. The van der Waals surface area contributed by atoms with Crippen LogP contribution in [-0.4, -0.2) is 67.3 Å². The summed E-state index contributed by atoms with van der Waals surface area (Å²) in [7, 11) is 0. The molecule has 0 bridgehead atoms. The zero-order valence-electron chi connectivity index (χ0n) is 15.0. The van der Waals surface area contributed by atoms with Gasteiger partial charge in [-0.15, -0.1) is 0 Å². The fraction of sp³-hybridized carbons (Fsp3) is 0.750. The zero-order chi connectivity index (χ0) is 19.5. The highest BCUT2D eigenvalue weighted by atomic mass is 16.8. The van der Waals surface area contributed by atoms with Gasteiger partial charge in [0.2, 0.25) is 5.79 Å². The van der Waals surface area contributed by atoms with Crippen molar-refractivity contribution in [3.63, 3.8) is 0 Å². The quantitative estimate of drug-likeness (QED) is 0.439. The number of rotatable bonds is 7. The molecule has 5 atom stereocenters. The largest absolute Gasteiger partial charge is 0.462 e. The average Bonchev–Trinajstić information content (AvgIpc) is 2.95. The lowest BCUT2D eigenvalue weighted by Crippen LogP contribution is -2.46. The molecule has 146 valence electrons. The minimum absolute atomic E-state index is 0.203. The molecule has 0 aromatic carbocycles. The molecule has 10 heteroatoms. The Balaban J connectivity index is 2.32. The minimum atomic E-state index is -1.47. The molecule has 2 rings (SSSR count). The minimum Gasteiger partial charge on any atom is -0.462 e. The number of carbonyl (C=O) groups excluding carboxylic acids is 4. The van der Waals surface area contributed by atoms with Crippen molar-refractivity contribution in [3.8, 4) is 0 Å². The summed E-state index contributed by atoms with van der Waals surface area (Å²) in [4.78, 5) is 45.9. The molecule has 0 N–H and O–H groups in total. The van der Waals surface area contributed by atoms with Crippen LogP contribution in [-0.2, 0) is 47.6 Å². The van der Waals surface area contributed by atoms with Gasteiger partial charge in [-0.05, 0) is 6.92 Å². The number of ether oxygens (including phenoxy) is 6. The van der Waals surface area contributed by atoms with Gasteiger partial charge in [0.1, 0.15) is 19.1 Å². The molecule has 0 aromatic heterocycles. The molecule has 2 heterocycles. The van der Waals surface area contributed by atoms with E-state index >= 15 is 0 Å². The van der Waals surface area contributed by atoms with Crippen molar-refractivity contribution < 1.29 is 47.6 Å². The second kappa shape index (κ2) is 8.00. The van der Waals surface area contributed by atoms with Crippen molar-refractivity contribution in [1.29, 1.82) is 0 Å². The highest BCUT2D eigenvalue weighted by Crippen LogP contribution is 2.44. The number of fused-ring (bicyclic) bond motifs is 1. The Morgan fingerprint density at radius 3 is 2.42 bits per heavy atom. The van der Waals surface area contributed by atoms with E-state index in [1.165, 1.54) is 20.8 Å². The van der Waals surface area contributed by atoms with Crippen LogP contribution in [0, 0.1) is 0 Å². The lowest BCUT2D eigenvalue weighted by molar-refractivity contribution is -0.247. The van der Waals surface area contributed by atoms with Gasteiger partial charge in [0, 0.05) is 27.4 Å². The third kappa shape index (κ3) is 4.31. The number of hydrogen-bond acceptors (Lipinski definition) is 10. The van der Waals surface area contributed by atoms with Crippen molar-refractivity contribution in [2.75, 3.05) is 13.2 Å². The molecule has 0 radical (unpaired) electrons. The van der Waals surface area contributed by atoms with Crippen molar-refractivity contribution in [2.24, 2.45) is 0 Å². The van der Waals surface area contributed by atoms with Crippen molar-refractivity contribution in [2.45, 2.75) is 64.3 Å². The fourth-order valence-electron chi connectivity index (χ4n) is 3.10. The first kappa shape index (κ1) is 20.1. The third-order valence-electron chi connectivity index (χ3n) is 3.87. The molecule has 0 aromatic rings. The van der Waals surface area contributed by atoms with Crippen LogP contribution in [0.1, 0.15) is 34.1 Å². The van der Waals surface area contributed by atoms with Crippen LogP contribution in [0.3, 0.4) is 0 Å². The van der Waals surface area contributed by atoms with Gasteiger partial charge in [0.15, 0.2) is 18.3 Å². The Morgan fingerprint density at radius 2 is 1.88 bits per heavy atom. The van der Waals surface area contributed by atoms with Crippen LogP contribution < -0.4 is 0 Å². The van der Waals surface area contributed by atoms with E-state index in [-0.39, 0.29) is 19.6 Å². The molecule has 10 nitrogen and oxygen atoms in total. The molecule has 0 amide bonds. The Hall–Kier alpha value is -2.20. The first-order valence-electron chi connectivity index (χ1n) is 8.17. The molecule has 2 saturated heterocycles. The number of esters is 4. The maximum Gasteiger partial charge on any atom is 0.312 e. The first-order valence-corrected chi connectivity index (χ1v) is 8.17. The normalized spacial score (nSPS) is 30.9. The van der Waals surface area contributed by atoms with Gasteiger partial charge in [-0.1, -0.05) is 0 Å². The van der Waals surface area contributed by atoms with Gasteiger partial charge in [-0.3, -0.25) is 19.2 Å². The topological polar surface area (TPSA) is 124 Å². The summed E-state index contributed by atoms with van der Waals surface area (Å²) < 4.78 is 32.1. The molecule has 0 saturated carbocycles. The average molecular weight is 374 g/mol. The molecule has 0 unspecified atom stereocenters. The summed E-state index contributed by atoms with van der Waals surface area (Å²) in [5, 5.41) is 0. The Labute approximate surface area is 150 Å². The maximum absolute atomic E-state index is 11.8. The van der Waals surface area contributed by atoms with E-state index in [1.54, 1.807) is 6.92 Å².